The summed E-state index contributed by atoms with van der Waals surface area (Å²) in [6.07, 6.45) is 2.49. The van der Waals surface area contributed by atoms with Crippen molar-refractivity contribution >= 4 is 23.1 Å². The molecule has 23 heavy (non-hydrogen) atoms. The Hall–Kier alpha value is -2.02. The van der Waals surface area contributed by atoms with Crippen molar-refractivity contribution in [2.75, 3.05) is 12.3 Å². The first-order valence-corrected chi connectivity index (χ1v) is 8.47. The molecule has 124 valence electrons. The van der Waals surface area contributed by atoms with Gasteiger partial charge in [0.1, 0.15) is 11.6 Å². The molecule has 0 aliphatic rings. The smallest absolute Gasteiger partial charge is 0.308 e. The van der Waals surface area contributed by atoms with Crippen molar-refractivity contribution in [3.05, 3.63) is 33.7 Å². The standard InChI is InChI=1S/C16H23N4O2S/c1-10(2)16(21)22-6-5-14-11(3)20(9-23-14)8-13-7-18-12(4)19-15(13)17/h7,9-10H,5-6,8H2,1-4H3,(H2,17,18,19)/q+1. The van der Waals surface area contributed by atoms with Gasteiger partial charge in [-0.25, -0.2) is 9.97 Å². The molecule has 0 saturated carbocycles. The van der Waals surface area contributed by atoms with Gasteiger partial charge < -0.3 is 10.5 Å². The van der Waals surface area contributed by atoms with Gasteiger partial charge in [0.15, 0.2) is 12.2 Å². The van der Waals surface area contributed by atoms with Crippen molar-refractivity contribution in [2.24, 2.45) is 5.92 Å². The summed E-state index contributed by atoms with van der Waals surface area (Å²) in [7, 11) is 0. The molecule has 0 aliphatic carbocycles. The van der Waals surface area contributed by atoms with E-state index in [2.05, 4.69) is 21.5 Å². The Kier molecular flexibility index (Phi) is 5.65. The average Bonchev–Trinajstić information content (AvgIpc) is 2.83. The molecule has 0 aromatic carbocycles. The number of hydrogen-bond acceptors (Lipinski definition) is 6. The number of aryl methyl sites for hydroxylation is 1. The van der Waals surface area contributed by atoms with Crippen LogP contribution in [0.5, 0.6) is 0 Å². The minimum absolute atomic E-state index is 0.0890. The van der Waals surface area contributed by atoms with Gasteiger partial charge in [-0.1, -0.05) is 25.2 Å². The number of nitrogen functional groups attached to an aromatic ring is 1. The van der Waals surface area contributed by atoms with E-state index >= 15 is 0 Å². The summed E-state index contributed by atoms with van der Waals surface area (Å²) in [4.78, 5) is 21.1. The lowest BCUT2D eigenvalue weighted by Gasteiger charge is -2.05. The molecule has 2 aromatic heterocycles. The summed E-state index contributed by atoms with van der Waals surface area (Å²) >= 11 is 1.65. The van der Waals surface area contributed by atoms with E-state index in [1.54, 1.807) is 17.5 Å². The molecular formula is C16H23N4O2S+. The van der Waals surface area contributed by atoms with Gasteiger partial charge in [0.2, 0.25) is 5.51 Å². The Morgan fingerprint density at radius 3 is 2.83 bits per heavy atom. The molecule has 0 fully saturated rings. The zero-order chi connectivity index (χ0) is 17.0. The monoisotopic (exact) mass is 335 g/mol. The average molecular weight is 335 g/mol. The number of rotatable bonds is 6. The van der Waals surface area contributed by atoms with Crippen molar-refractivity contribution in [1.82, 2.24) is 9.97 Å². The van der Waals surface area contributed by atoms with Gasteiger partial charge in [-0.15, -0.1) is 0 Å². The fourth-order valence-electron chi connectivity index (χ4n) is 2.08. The highest BCUT2D eigenvalue weighted by atomic mass is 32.1. The number of carbonyl (C=O) groups excluding carboxylic acids is 1. The maximum atomic E-state index is 11.5. The summed E-state index contributed by atoms with van der Waals surface area (Å²) in [6, 6.07) is 0. The SMILES string of the molecule is Cc1ncc(C[n+]2csc(CCOC(=O)C(C)C)c2C)c(N)n1. The molecule has 0 amide bonds. The molecule has 0 atom stereocenters. The predicted molar refractivity (Wildman–Crippen MR) is 89.0 cm³/mol. The Labute approximate surface area is 140 Å². The number of thiazole rings is 1. The van der Waals surface area contributed by atoms with Gasteiger partial charge in [0, 0.05) is 19.5 Å². The van der Waals surface area contributed by atoms with Crippen molar-refractivity contribution < 1.29 is 14.1 Å². The Balaban J connectivity index is 2.00. The van der Waals surface area contributed by atoms with E-state index in [1.807, 2.05) is 26.3 Å². The maximum absolute atomic E-state index is 11.5. The number of hydrogen-bond donors (Lipinski definition) is 1. The van der Waals surface area contributed by atoms with E-state index < -0.39 is 0 Å². The minimum Gasteiger partial charge on any atom is -0.465 e. The molecule has 6 nitrogen and oxygen atoms in total. The maximum Gasteiger partial charge on any atom is 0.308 e. The number of anilines is 1. The Morgan fingerprint density at radius 2 is 2.17 bits per heavy atom. The van der Waals surface area contributed by atoms with Crippen LogP contribution < -0.4 is 10.3 Å². The van der Waals surface area contributed by atoms with Gasteiger partial charge in [0.25, 0.3) is 0 Å². The third kappa shape index (κ3) is 4.48. The van der Waals surface area contributed by atoms with Crippen LogP contribution in [0, 0.1) is 19.8 Å². The first-order chi connectivity index (χ1) is 10.9. The highest BCUT2D eigenvalue weighted by Crippen LogP contribution is 2.14. The summed E-state index contributed by atoms with van der Waals surface area (Å²) in [6.45, 7) is 8.59. The van der Waals surface area contributed by atoms with Gasteiger partial charge in [0.05, 0.1) is 23.0 Å². The van der Waals surface area contributed by atoms with Crippen LogP contribution in [-0.2, 0) is 22.5 Å². The summed E-state index contributed by atoms with van der Waals surface area (Å²) < 4.78 is 7.36. The lowest BCUT2D eigenvalue weighted by molar-refractivity contribution is -0.689. The van der Waals surface area contributed by atoms with E-state index in [9.17, 15) is 4.79 Å². The Bertz CT molecular complexity index is 697. The van der Waals surface area contributed by atoms with Crippen LogP contribution >= 0.6 is 11.3 Å². The van der Waals surface area contributed by atoms with Crippen LogP contribution in [0.25, 0.3) is 0 Å². The lowest BCUT2D eigenvalue weighted by Crippen LogP contribution is -2.35. The number of esters is 1. The quantitative estimate of drug-likeness (QED) is 0.643. The van der Waals surface area contributed by atoms with Crippen molar-refractivity contribution in [1.29, 1.82) is 0 Å². The number of ether oxygens (including phenoxy) is 1. The minimum atomic E-state index is -0.156. The highest BCUT2D eigenvalue weighted by Gasteiger charge is 2.18. The third-order valence-corrected chi connectivity index (χ3v) is 4.70. The molecule has 2 heterocycles. The van der Waals surface area contributed by atoms with Gasteiger partial charge >= 0.3 is 5.97 Å². The zero-order valence-electron chi connectivity index (χ0n) is 14.0. The molecule has 2 aromatic rings. The van der Waals surface area contributed by atoms with Gasteiger partial charge in [-0.3, -0.25) is 4.79 Å². The van der Waals surface area contributed by atoms with Crippen molar-refractivity contribution in [2.45, 2.75) is 40.7 Å². The number of nitrogens with two attached hydrogens (primary N) is 1. The molecule has 2 rings (SSSR count). The molecule has 0 aliphatic heterocycles. The van der Waals surface area contributed by atoms with E-state index in [0.29, 0.717) is 24.8 Å². The van der Waals surface area contributed by atoms with E-state index in [0.717, 1.165) is 17.7 Å². The fourth-order valence-corrected chi connectivity index (χ4v) is 3.05. The van der Waals surface area contributed by atoms with Crippen LogP contribution in [-0.4, -0.2) is 22.5 Å². The second-order valence-corrected chi connectivity index (χ2v) is 6.70. The summed E-state index contributed by atoms with van der Waals surface area (Å²) in [5.41, 5.74) is 10.1. The molecule has 0 unspecified atom stereocenters. The van der Waals surface area contributed by atoms with Gasteiger partial charge in [-0.2, -0.15) is 4.57 Å². The lowest BCUT2D eigenvalue weighted by atomic mass is 10.2. The predicted octanol–water partition coefficient (Wildman–Crippen LogP) is 1.81. The molecule has 0 bridgehead atoms. The van der Waals surface area contributed by atoms with Crippen molar-refractivity contribution in [3.63, 3.8) is 0 Å². The molecule has 7 heteroatoms. The highest BCUT2D eigenvalue weighted by molar-refractivity contribution is 7.09. The molecular weight excluding hydrogens is 312 g/mol. The molecule has 0 spiro atoms. The number of aromatic nitrogens is 3. The first kappa shape index (κ1) is 17.3. The molecule has 0 saturated heterocycles. The zero-order valence-corrected chi connectivity index (χ0v) is 14.8. The van der Waals surface area contributed by atoms with Crippen LogP contribution in [0.4, 0.5) is 5.82 Å². The molecule has 0 radical (unpaired) electrons. The second kappa shape index (κ2) is 7.50. The largest absolute Gasteiger partial charge is 0.465 e. The van der Waals surface area contributed by atoms with Crippen molar-refractivity contribution in [3.8, 4) is 0 Å². The fraction of sp³-hybridized carbons (Fsp3) is 0.500. The normalized spacial score (nSPS) is 11.0. The second-order valence-electron chi connectivity index (χ2n) is 5.76. The van der Waals surface area contributed by atoms with E-state index in [1.165, 1.54) is 4.88 Å². The first-order valence-electron chi connectivity index (χ1n) is 7.59. The van der Waals surface area contributed by atoms with E-state index in [-0.39, 0.29) is 11.9 Å². The van der Waals surface area contributed by atoms with Crippen LogP contribution in [0.1, 0.15) is 35.8 Å². The number of nitrogens with zero attached hydrogens (tertiary/aromatic N) is 3. The number of carbonyl (C=O) groups is 1. The summed E-state index contributed by atoms with van der Waals surface area (Å²) in [5, 5.41) is 0. The Morgan fingerprint density at radius 1 is 1.43 bits per heavy atom. The summed E-state index contributed by atoms with van der Waals surface area (Å²) in [5.74, 6) is 0.944. The van der Waals surface area contributed by atoms with Gasteiger partial charge in [-0.05, 0) is 6.92 Å². The molecule has 2 N–H and O–H groups in total. The van der Waals surface area contributed by atoms with Crippen LogP contribution in [0.15, 0.2) is 11.7 Å². The van der Waals surface area contributed by atoms with Crippen LogP contribution in [0.2, 0.25) is 0 Å². The third-order valence-electron chi connectivity index (χ3n) is 3.56. The topological polar surface area (TPSA) is 82.0 Å². The van der Waals surface area contributed by atoms with E-state index in [4.69, 9.17) is 10.5 Å². The van der Waals surface area contributed by atoms with Crippen LogP contribution in [0.3, 0.4) is 0 Å².